The molecule has 2 aromatic carbocycles. The number of hydrogen-bond acceptors (Lipinski definition) is 5. The molecule has 0 saturated carbocycles. The van der Waals surface area contributed by atoms with Gasteiger partial charge in [0.1, 0.15) is 11.5 Å². The highest BCUT2D eigenvalue weighted by Crippen LogP contribution is 2.30. The van der Waals surface area contributed by atoms with Crippen molar-refractivity contribution in [1.82, 2.24) is 5.43 Å². The van der Waals surface area contributed by atoms with Crippen molar-refractivity contribution in [2.75, 3.05) is 7.11 Å². The van der Waals surface area contributed by atoms with Crippen molar-refractivity contribution < 1.29 is 18.7 Å². The van der Waals surface area contributed by atoms with Gasteiger partial charge in [-0.2, -0.15) is 5.10 Å². The number of nitrogens with one attached hydrogen (secondary N) is 1. The van der Waals surface area contributed by atoms with Gasteiger partial charge in [0, 0.05) is 5.56 Å². The van der Waals surface area contributed by atoms with Gasteiger partial charge in [0.05, 0.1) is 30.3 Å². The van der Waals surface area contributed by atoms with Crippen molar-refractivity contribution in [1.29, 1.82) is 0 Å². The van der Waals surface area contributed by atoms with Crippen LogP contribution >= 0.6 is 11.6 Å². The molecule has 0 saturated heterocycles. The maximum Gasteiger partial charge on any atom is 0.337 e. The lowest BCUT2D eigenvalue weighted by molar-refractivity contribution is -0.120. The minimum Gasteiger partial charge on any atom is -0.465 e. The minimum absolute atomic E-state index is 0.233. The molecule has 0 aliphatic carbocycles. The number of furan rings is 1. The summed E-state index contributed by atoms with van der Waals surface area (Å²) < 4.78 is 10.4. The predicted octanol–water partition coefficient (Wildman–Crippen LogP) is 4.08. The fraction of sp³-hybridized carbons (Fsp3) is 0.0952. The zero-order valence-corrected chi connectivity index (χ0v) is 15.8. The van der Waals surface area contributed by atoms with E-state index in [1.807, 2.05) is 30.3 Å². The largest absolute Gasteiger partial charge is 0.465 e. The molecule has 0 fully saturated rings. The molecule has 0 unspecified atom stereocenters. The highest BCUT2D eigenvalue weighted by atomic mass is 35.5. The summed E-state index contributed by atoms with van der Waals surface area (Å²) in [4.78, 5) is 23.6. The molecule has 0 aliphatic heterocycles. The van der Waals surface area contributed by atoms with Crippen LogP contribution in [0.5, 0.6) is 0 Å². The van der Waals surface area contributed by atoms with E-state index in [1.54, 1.807) is 30.3 Å². The van der Waals surface area contributed by atoms with Gasteiger partial charge in [-0.05, 0) is 35.9 Å². The lowest BCUT2D eigenvalue weighted by Crippen LogP contribution is -2.19. The Bertz CT molecular complexity index is 1010. The number of nitrogens with zero attached hydrogens (tertiary/aromatic N) is 1. The zero-order valence-electron chi connectivity index (χ0n) is 15.0. The predicted molar refractivity (Wildman–Crippen MR) is 106 cm³/mol. The number of benzene rings is 2. The van der Waals surface area contributed by atoms with E-state index in [2.05, 4.69) is 10.5 Å². The molecule has 3 rings (SSSR count). The molecule has 3 aromatic rings. The smallest absolute Gasteiger partial charge is 0.337 e. The molecule has 0 spiro atoms. The molecule has 1 N–H and O–H groups in total. The maximum absolute atomic E-state index is 11.9. The van der Waals surface area contributed by atoms with Gasteiger partial charge in [0.2, 0.25) is 5.91 Å². The van der Waals surface area contributed by atoms with Gasteiger partial charge in [-0.25, -0.2) is 10.2 Å². The number of hydrazone groups is 1. The summed E-state index contributed by atoms with van der Waals surface area (Å²) in [5.41, 5.74) is 4.27. The molecular formula is C21H17ClN2O4. The Morgan fingerprint density at radius 3 is 2.68 bits per heavy atom. The molecule has 28 heavy (non-hydrogen) atoms. The van der Waals surface area contributed by atoms with Crippen molar-refractivity contribution >= 4 is 29.7 Å². The SMILES string of the molecule is COC(=O)c1ccc(Cl)c(-c2ccc(/C=N/NC(=O)Cc3ccccc3)o2)c1. The third kappa shape index (κ3) is 4.86. The van der Waals surface area contributed by atoms with Crippen molar-refractivity contribution in [3.8, 4) is 11.3 Å². The summed E-state index contributed by atoms with van der Waals surface area (Å²) >= 11 is 6.21. The van der Waals surface area contributed by atoms with E-state index in [4.69, 9.17) is 20.8 Å². The van der Waals surface area contributed by atoms with Gasteiger partial charge in [-0.3, -0.25) is 4.79 Å². The fourth-order valence-electron chi connectivity index (χ4n) is 2.51. The summed E-state index contributed by atoms with van der Waals surface area (Å²) in [5.74, 6) is 0.192. The molecule has 6 nitrogen and oxygen atoms in total. The van der Waals surface area contributed by atoms with Crippen molar-refractivity contribution in [3.05, 3.63) is 82.6 Å². The second-order valence-corrected chi connectivity index (χ2v) is 6.25. The Labute approximate surface area is 166 Å². The van der Waals surface area contributed by atoms with Crippen LogP contribution in [-0.2, 0) is 16.0 Å². The molecule has 0 atom stereocenters. The average Bonchev–Trinajstić information content (AvgIpc) is 3.17. The minimum atomic E-state index is -0.465. The number of rotatable bonds is 6. The number of halogens is 1. The van der Waals surface area contributed by atoms with Crippen LogP contribution in [0.3, 0.4) is 0 Å². The zero-order chi connectivity index (χ0) is 19.9. The quantitative estimate of drug-likeness (QED) is 0.386. The van der Waals surface area contributed by atoms with Crippen LogP contribution in [0.15, 0.2) is 70.2 Å². The topological polar surface area (TPSA) is 80.9 Å². The first kappa shape index (κ1) is 19.4. The first-order chi connectivity index (χ1) is 13.6. The van der Waals surface area contributed by atoms with Crippen LogP contribution in [0.2, 0.25) is 5.02 Å². The number of carbonyl (C=O) groups excluding carboxylic acids is 2. The van der Waals surface area contributed by atoms with E-state index in [1.165, 1.54) is 13.3 Å². The molecule has 1 heterocycles. The normalized spacial score (nSPS) is 10.8. The van der Waals surface area contributed by atoms with Crippen LogP contribution in [-0.4, -0.2) is 25.2 Å². The van der Waals surface area contributed by atoms with Crippen LogP contribution in [0.4, 0.5) is 0 Å². The molecular weight excluding hydrogens is 380 g/mol. The molecule has 0 aliphatic rings. The summed E-state index contributed by atoms with van der Waals surface area (Å²) in [7, 11) is 1.31. The first-order valence-electron chi connectivity index (χ1n) is 8.40. The van der Waals surface area contributed by atoms with Gasteiger partial charge in [0.15, 0.2) is 0 Å². The monoisotopic (exact) mass is 396 g/mol. The molecule has 1 amide bonds. The van der Waals surface area contributed by atoms with E-state index < -0.39 is 5.97 Å². The third-order valence-corrected chi connectivity index (χ3v) is 4.20. The summed E-state index contributed by atoms with van der Waals surface area (Å²) in [6.45, 7) is 0. The van der Waals surface area contributed by atoms with Crippen molar-refractivity contribution in [3.63, 3.8) is 0 Å². The third-order valence-electron chi connectivity index (χ3n) is 3.87. The van der Waals surface area contributed by atoms with Crippen molar-refractivity contribution in [2.45, 2.75) is 6.42 Å². The Morgan fingerprint density at radius 2 is 1.93 bits per heavy atom. The second kappa shape index (κ2) is 9.01. The fourth-order valence-corrected chi connectivity index (χ4v) is 2.73. The summed E-state index contributed by atoms with van der Waals surface area (Å²) in [6.07, 6.45) is 1.63. The van der Waals surface area contributed by atoms with Gasteiger partial charge in [0.25, 0.3) is 0 Å². The van der Waals surface area contributed by atoms with Crippen molar-refractivity contribution in [2.24, 2.45) is 5.10 Å². The highest BCUT2D eigenvalue weighted by molar-refractivity contribution is 6.33. The number of amides is 1. The summed E-state index contributed by atoms with van der Waals surface area (Å²) in [5, 5.41) is 4.33. The Hall–Kier alpha value is -3.38. The second-order valence-electron chi connectivity index (χ2n) is 5.84. The van der Waals surface area contributed by atoms with Crippen LogP contribution in [0, 0.1) is 0 Å². The highest BCUT2D eigenvalue weighted by Gasteiger charge is 2.13. The Balaban J connectivity index is 1.66. The number of esters is 1. The molecule has 0 bridgehead atoms. The lowest BCUT2D eigenvalue weighted by Gasteiger charge is -2.04. The number of hydrogen-bond donors (Lipinski definition) is 1. The Kier molecular flexibility index (Phi) is 6.24. The number of carbonyl (C=O) groups is 2. The molecule has 1 aromatic heterocycles. The number of ether oxygens (including phenoxy) is 1. The first-order valence-corrected chi connectivity index (χ1v) is 8.78. The lowest BCUT2D eigenvalue weighted by atomic mass is 10.1. The van der Waals surface area contributed by atoms with E-state index in [0.29, 0.717) is 27.7 Å². The van der Waals surface area contributed by atoms with E-state index >= 15 is 0 Å². The average molecular weight is 397 g/mol. The van der Waals surface area contributed by atoms with Crippen LogP contribution < -0.4 is 5.43 Å². The maximum atomic E-state index is 11.9. The van der Waals surface area contributed by atoms with Gasteiger partial charge >= 0.3 is 5.97 Å². The standard InChI is InChI=1S/C21H17ClN2O4/c1-27-21(26)15-7-9-18(22)17(12-15)19-10-8-16(28-19)13-23-24-20(25)11-14-5-3-2-4-6-14/h2-10,12-13H,11H2,1H3,(H,24,25)/b23-13+. The van der Waals surface area contributed by atoms with Gasteiger partial charge in [-0.1, -0.05) is 41.9 Å². The molecule has 0 radical (unpaired) electrons. The van der Waals surface area contributed by atoms with E-state index in [-0.39, 0.29) is 12.3 Å². The Morgan fingerprint density at radius 1 is 1.14 bits per heavy atom. The molecule has 142 valence electrons. The van der Waals surface area contributed by atoms with Crippen LogP contribution in [0.1, 0.15) is 21.7 Å². The van der Waals surface area contributed by atoms with Crippen LogP contribution in [0.25, 0.3) is 11.3 Å². The summed E-state index contributed by atoms with van der Waals surface area (Å²) in [6, 6.07) is 17.5. The van der Waals surface area contributed by atoms with Gasteiger partial charge in [-0.15, -0.1) is 0 Å². The van der Waals surface area contributed by atoms with E-state index in [9.17, 15) is 9.59 Å². The number of methoxy groups -OCH3 is 1. The molecule has 7 heteroatoms. The van der Waals surface area contributed by atoms with Gasteiger partial charge < -0.3 is 9.15 Å². The van der Waals surface area contributed by atoms with E-state index in [0.717, 1.165) is 5.56 Å².